The Balaban J connectivity index is 1.58. The molecule has 1 atom stereocenters. The molecule has 8 heteroatoms. The molecule has 46 heavy (non-hydrogen) atoms. The summed E-state index contributed by atoms with van der Waals surface area (Å²) in [6, 6.07) is 30.4. The zero-order valence-corrected chi connectivity index (χ0v) is 27.7. The summed E-state index contributed by atoms with van der Waals surface area (Å²) in [5.74, 6) is -0.677. The van der Waals surface area contributed by atoms with Crippen LogP contribution in [0, 0.1) is 20.8 Å². The van der Waals surface area contributed by atoms with Crippen LogP contribution >= 0.6 is 0 Å². The molecule has 0 bridgehead atoms. The van der Waals surface area contributed by atoms with Gasteiger partial charge >= 0.3 is 0 Å². The number of hydrogen-bond acceptors (Lipinski definition) is 4. The van der Waals surface area contributed by atoms with Gasteiger partial charge in [0.2, 0.25) is 11.8 Å². The lowest BCUT2D eigenvalue weighted by molar-refractivity contribution is -0.140. The highest BCUT2D eigenvalue weighted by Gasteiger charge is 2.36. The average Bonchev–Trinajstić information content (AvgIpc) is 3.56. The first-order valence-corrected chi connectivity index (χ1v) is 17.4. The lowest BCUT2D eigenvalue weighted by Crippen LogP contribution is -2.54. The number of carbonyl (C=O) groups is 2. The second kappa shape index (κ2) is 14.8. The molecule has 2 amide bonds. The van der Waals surface area contributed by atoms with Crippen molar-refractivity contribution < 1.29 is 18.0 Å². The highest BCUT2D eigenvalue weighted by molar-refractivity contribution is 7.92. The molecule has 0 radical (unpaired) electrons. The SMILES string of the molecule is Cc1cccc(CN(C(=O)CN(c2ccc(C)cc2C)S(=O)(=O)c2ccccc2)[C@@H](Cc2ccccc2)C(=O)NC2CCCC2)c1. The molecular weight excluding hydrogens is 595 g/mol. The fraction of sp³-hybridized carbons (Fsp3) is 0.316. The molecule has 0 aromatic heterocycles. The first-order chi connectivity index (χ1) is 22.1. The maximum absolute atomic E-state index is 14.7. The molecular formula is C38H43N3O4S. The minimum absolute atomic E-state index is 0.0619. The van der Waals surface area contributed by atoms with Gasteiger partial charge in [-0.1, -0.05) is 109 Å². The van der Waals surface area contributed by atoms with Gasteiger partial charge in [-0.15, -0.1) is 0 Å². The average molecular weight is 638 g/mol. The summed E-state index contributed by atoms with van der Waals surface area (Å²) in [5, 5.41) is 3.22. The lowest BCUT2D eigenvalue weighted by atomic mass is 10.0. The number of aryl methyl sites for hydroxylation is 3. The number of rotatable bonds is 12. The third-order valence-electron chi connectivity index (χ3n) is 8.64. The van der Waals surface area contributed by atoms with Gasteiger partial charge in [0.1, 0.15) is 12.6 Å². The van der Waals surface area contributed by atoms with Crippen molar-refractivity contribution in [3.63, 3.8) is 0 Å². The van der Waals surface area contributed by atoms with Gasteiger partial charge in [0, 0.05) is 19.0 Å². The summed E-state index contributed by atoms with van der Waals surface area (Å²) in [7, 11) is -4.14. The van der Waals surface area contributed by atoms with E-state index in [2.05, 4.69) is 5.32 Å². The van der Waals surface area contributed by atoms with E-state index >= 15 is 0 Å². The maximum Gasteiger partial charge on any atom is 0.264 e. The van der Waals surface area contributed by atoms with Crippen LogP contribution in [0.1, 0.15) is 53.5 Å². The van der Waals surface area contributed by atoms with Crippen molar-refractivity contribution in [2.75, 3.05) is 10.8 Å². The van der Waals surface area contributed by atoms with Gasteiger partial charge in [-0.05, 0) is 68.5 Å². The zero-order valence-electron chi connectivity index (χ0n) is 26.9. The Kier molecular flexibility index (Phi) is 10.6. The van der Waals surface area contributed by atoms with E-state index in [0.29, 0.717) is 12.1 Å². The number of sulfonamides is 1. The number of anilines is 1. The van der Waals surface area contributed by atoms with Crippen molar-refractivity contribution in [2.45, 2.75) is 76.4 Å². The van der Waals surface area contributed by atoms with Crippen molar-refractivity contribution in [3.8, 4) is 0 Å². The van der Waals surface area contributed by atoms with Crippen LogP contribution in [0.3, 0.4) is 0 Å². The summed E-state index contributed by atoms with van der Waals surface area (Å²) in [6.45, 7) is 5.46. The molecule has 1 N–H and O–H groups in total. The van der Waals surface area contributed by atoms with Crippen LogP contribution in [0.5, 0.6) is 0 Å². The van der Waals surface area contributed by atoms with Crippen LogP contribution in [0.4, 0.5) is 5.69 Å². The summed E-state index contributed by atoms with van der Waals surface area (Å²) in [4.78, 5) is 30.5. The summed E-state index contributed by atoms with van der Waals surface area (Å²) < 4.78 is 29.7. The standard InChI is InChI=1S/C38H43N3O4S/c1-28-13-12-16-32(24-28)26-40(36(25-31-14-6-4-7-15-31)38(43)39-33-17-10-11-18-33)37(42)27-41(35-22-21-29(2)23-30(35)3)46(44,45)34-19-8-5-9-20-34/h4-9,12-16,19-24,33,36H,10-11,17-18,25-27H2,1-3H3,(H,39,43)/t36-/m0/s1. The van der Waals surface area contributed by atoms with E-state index in [0.717, 1.165) is 53.5 Å². The topological polar surface area (TPSA) is 86.8 Å². The van der Waals surface area contributed by atoms with Gasteiger partial charge in [0.05, 0.1) is 10.6 Å². The van der Waals surface area contributed by atoms with Gasteiger partial charge in [-0.3, -0.25) is 13.9 Å². The van der Waals surface area contributed by atoms with E-state index < -0.39 is 28.5 Å². The third kappa shape index (κ3) is 8.04. The summed E-state index contributed by atoms with van der Waals surface area (Å²) >= 11 is 0. The normalized spacial score (nSPS) is 14.1. The molecule has 1 saturated carbocycles. The number of carbonyl (C=O) groups excluding carboxylic acids is 2. The number of benzene rings is 4. The van der Waals surface area contributed by atoms with Crippen LogP contribution in [0.2, 0.25) is 0 Å². The predicted molar refractivity (Wildman–Crippen MR) is 183 cm³/mol. The van der Waals surface area contributed by atoms with Gasteiger partial charge < -0.3 is 10.2 Å². The van der Waals surface area contributed by atoms with Crippen molar-refractivity contribution in [2.24, 2.45) is 0 Å². The maximum atomic E-state index is 14.7. The van der Waals surface area contributed by atoms with Gasteiger partial charge in [-0.2, -0.15) is 0 Å². The van der Waals surface area contributed by atoms with Gasteiger partial charge in [0.25, 0.3) is 10.0 Å². The molecule has 4 aromatic rings. The summed E-state index contributed by atoms with van der Waals surface area (Å²) in [6.07, 6.45) is 4.23. The molecule has 1 fully saturated rings. The van der Waals surface area contributed by atoms with Gasteiger partial charge in [0.15, 0.2) is 0 Å². The molecule has 1 aliphatic carbocycles. The van der Waals surface area contributed by atoms with E-state index in [4.69, 9.17) is 0 Å². The molecule has 240 valence electrons. The smallest absolute Gasteiger partial charge is 0.264 e. The van der Waals surface area contributed by atoms with Crippen LogP contribution in [0.25, 0.3) is 0 Å². The Labute approximate surface area is 273 Å². The Morgan fingerprint density at radius 3 is 2.07 bits per heavy atom. The summed E-state index contributed by atoms with van der Waals surface area (Å²) in [5.41, 5.74) is 4.95. The Morgan fingerprint density at radius 2 is 1.41 bits per heavy atom. The van der Waals surface area contributed by atoms with E-state index in [1.165, 1.54) is 16.4 Å². The molecule has 0 aliphatic heterocycles. The van der Waals surface area contributed by atoms with E-state index in [1.54, 1.807) is 29.2 Å². The molecule has 0 saturated heterocycles. The molecule has 4 aromatic carbocycles. The van der Waals surface area contributed by atoms with Crippen molar-refractivity contribution >= 4 is 27.5 Å². The first-order valence-electron chi connectivity index (χ1n) is 16.0. The molecule has 5 rings (SSSR count). The number of amides is 2. The Morgan fingerprint density at radius 1 is 0.783 bits per heavy atom. The first kappa shape index (κ1) is 32.9. The van der Waals surface area contributed by atoms with E-state index in [1.807, 2.05) is 87.5 Å². The van der Waals surface area contributed by atoms with Crippen LogP contribution in [0.15, 0.2) is 108 Å². The quantitative estimate of drug-likeness (QED) is 0.192. The Bertz CT molecular complexity index is 1750. The van der Waals surface area contributed by atoms with Gasteiger partial charge in [-0.25, -0.2) is 8.42 Å². The van der Waals surface area contributed by atoms with Crippen molar-refractivity contribution in [1.29, 1.82) is 0 Å². The highest BCUT2D eigenvalue weighted by atomic mass is 32.2. The van der Waals surface area contributed by atoms with E-state index in [-0.39, 0.29) is 23.4 Å². The fourth-order valence-electron chi connectivity index (χ4n) is 6.25. The zero-order chi connectivity index (χ0) is 32.7. The highest BCUT2D eigenvalue weighted by Crippen LogP contribution is 2.29. The number of hydrogen-bond donors (Lipinski definition) is 1. The number of nitrogens with one attached hydrogen (secondary N) is 1. The largest absolute Gasteiger partial charge is 0.352 e. The lowest BCUT2D eigenvalue weighted by Gasteiger charge is -2.34. The van der Waals surface area contributed by atoms with E-state index in [9.17, 15) is 18.0 Å². The predicted octanol–water partition coefficient (Wildman–Crippen LogP) is 6.51. The Hall–Kier alpha value is -4.43. The monoisotopic (exact) mass is 637 g/mol. The third-order valence-corrected chi connectivity index (χ3v) is 10.4. The number of nitrogens with zero attached hydrogens (tertiary/aromatic N) is 2. The second-order valence-electron chi connectivity index (χ2n) is 12.3. The van der Waals surface area contributed by atoms with Crippen molar-refractivity contribution in [1.82, 2.24) is 10.2 Å². The van der Waals surface area contributed by atoms with Crippen LogP contribution in [-0.4, -0.2) is 43.8 Å². The molecule has 7 nitrogen and oxygen atoms in total. The minimum atomic E-state index is -4.14. The fourth-order valence-corrected chi connectivity index (χ4v) is 7.75. The molecule has 0 spiro atoms. The van der Waals surface area contributed by atoms with Crippen LogP contribution in [-0.2, 0) is 32.6 Å². The van der Waals surface area contributed by atoms with Crippen LogP contribution < -0.4 is 9.62 Å². The molecule has 0 unspecified atom stereocenters. The second-order valence-corrected chi connectivity index (χ2v) is 14.2. The molecule has 1 aliphatic rings. The minimum Gasteiger partial charge on any atom is -0.352 e. The van der Waals surface area contributed by atoms with Crippen molar-refractivity contribution in [3.05, 3.63) is 131 Å². The molecule has 0 heterocycles.